The molecule has 6 heterocycles. The topological polar surface area (TPSA) is 260 Å². The lowest BCUT2D eigenvalue weighted by molar-refractivity contribution is -0.192. The van der Waals surface area contributed by atoms with E-state index in [0.29, 0.717) is 100.0 Å². The summed E-state index contributed by atoms with van der Waals surface area (Å²) in [5.41, 5.74) is 6.72. The summed E-state index contributed by atoms with van der Waals surface area (Å²) in [7, 11) is 1.64. The number of nitrogens with one attached hydrogen (secondary N) is 2. The Morgan fingerprint density at radius 2 is 0.913 bits per heavy atom. The van der Waals surface area contributed by atoms with Gasteiger partial charge in [-0.05, 0) is 125 Å². The molecule has 3 aliphatic heterocycles. The Kier molecular flexibility index (Phi) is 28.7. The smallest absolute Gasteiger partial charge is 0.490 e. The van der Waals surface area contributed by atoms with Crippen LogP contribution in [0.4, 0.5) is 30.2 Å². The van der Waals surface area contributed by atoms with Crippen LogP contribution in [0.3, 0.4) is 0 Å². The van der Waals surface area contributed by atoms with Gasteiger partial charge in [-0.3, -0.25) is 0 Å². The van der Waals surface area contributed by atoms with Crippen LogP contribution in [0.1, 0.15) is 106 Å². The average Bonchev–Trinajstić information content (AvgIpc) is 1.68. The van der Waals surface area contributed by atoms with Crippen LogP contribution in [0.15, 0.2) is 78.9 Å². The van der Waals surface area contributed by atoms with Gasteiger partial charge < -0.3 is 39.1 Å². The Morgan fingerprint density at radius 3 is 1.27 bits per heavy atom. The number of aromatic amines is 2. The van der Waals surface area contributed by atoms with E-state index in [-0.39, 0.29) is 11.4 Å². The first kappa shape index (κ1) is 73.4. The summed E-state index contributed by atoms with van der Waals surface area (Å²) in [6, 6.07) is 24.7. The minimum Gasteiger partial charge on any atom is -0.497 e. The van der Waals surface area contributed by atoms with Crippen LogP contribution in [0.25, 0.3) is 0 Å². The molecule has 0 unspecified atom stereocenters. The number of carboxylic acids is 2. The van der Waals surface area contributed by atoms with Gasteiger partial charge in [-0.2, -0.15) is 69.1 Å². The molecule has 0 radical (unpaired) electrons. The zero-order chi connectivity index (χ0) is 66.5. The molecule has 0 saturated carbocycles. The first-order valence-corrected chi connectivity index (χ1v) is 34.1. The van der Waals surface area contributed by atoms with Gasteiger partial charge in [0.25, 0.3) is 0 Å². The van der Waals surface area contributed by atoms with Crippen molar-refractivity contribution in [3.05, 3.63) is 149 Å². The molecule has 0 amide bonds. The second kappa shape index (κ2) is 36.0. The molecular formula is C59H65Cl6F3N12O9S3. The Labute approximate surface area is 571 Å². The number of alkyl halides is 3. The summed E-state index contributed by atoms with van der Waals surface area (Å²) in [6.45, 7) is 10.2. The number of carbonyl (C=O) groups is 4. The molecule has 3 aromatic heterocycles. The molecule has 3 fully saturated rings. The summed E-state index contributed by atoms with van der Waals surface area (Å²) in [6.07, 6.45) is 1.06. The van der Waals surface area contributed by atoms with E-state index < -0.39 is 30.1 Å². The molecular weight excluding hydrogens is 1390 g/mol. The maximum atomic E-state index is 12.5. The number of anilines is 3. The van der Waals surface area contributed by atoms with Gasteiger partial charge in [-0.15, -0.1) is 15.3 Å². The number of piperidine rings is 3. The van der Waals surface area contributed by atoms with Gasteiger partial charge in [0, 0.05) is 119 Å². The Hall–Kier alpha value is -6.04. The number of nitrogens with zero attached hydrogens (tertiary/aromatic N) is 10. The lowest BCUT2D eigenvalue weighted by atomic mass is 10.1. The van der Waals surface area contributed by atoms with Crippen LogP contribution in [0.5, 0.6) is 5.75 Å². The second-order valence-electron chi connectivity index (χ2n) is 20.6. The number of carboxylic acid groups (broad SMARTS) is 2. The van der Waals surface area contributed by atoms with E-state index >= 15 is 0 Å². The van der Waals surface area contributed by atoms with Gasteiger partial charge in [-0.1, -0.05) is 87.0 Å². The number of esters is 2. The third-order valence-electron chi connectivity index (χ3n) is 14.3. The number of hydrogen-bond donors (Lipinski definition) is 4. The number of aromatic carboxylic acids is 1. The van der Waals surface area contributed by atoms with Gasteiger partial charge in [0.2, 0.25) is 0 Å². The van der Waals surface area contributed by atoms with Crippen molar-refractivity contribution in [2.24, 2.45) is 0 Å². The SMILES string of the molecule is CCOC(=O)c1n[nH]nc1CSC1CCN(c2cc(Cl)cc(Cl)c2)CC1.CCOC(=O)c1nnn(Cc2ccc(OC)cc2)c1CSC1CCN(c2cc(Cl)cc(Cl)c2)CC1.O=C(O)C(F)(F)F.O=C(O)c1n[nH]nc1CSC1CCN(c2cc(Cl)cc(Cl)c2)CC1. The minimum atomic E-state index is -5.08. The monoisotopic (exact) mass is 1450 g/mol. The number of benzene rings is 4. The number of ether oxygens (including phenoxy) is 3. The number of methoxy groups -OCH3 is 1. The van der Waals surface area contributed by atoms with Crippen molar-refractivity contribution in [2.45, 2.75) is 98.1 Å². The Morgan fingerprint density at radius 1 is 0.554 bits per heavy atom. The molecule has 21 nitrogen and oxygen atoms in total. The van der Waals surface area contributed by atoms with Crippen molar-refractivity contribution in [3.63, 3.8) is 0 Å². The van der Waals surface area contributed by atoms with Gasteiger partial charge >= 0.3 is 30.1 Å². The van der Waals surface area contributed by atoms with E-state index in [9.17, 15) is 27.6 Å². The summed E-state index contributed by atoms with van der Waals surface area (Å²) >= 11 is 42.1. The van der Waals surface area contributed by atoms with Crippen LogP contribution in [0.2, 0.25) is 30.1 Å². The zero-order valence-corrected chi connectivity index (χ0v) is 56.8. The molecule has 10 rings (SSSR count). The molecule has 4 N–H and O–H groups in total. The minimum absolute atomic E-state index is 0.00788. The van der Waals surface area contributed by atoms with E-state index in [0.717, 1.165) is 112 Å². The molecule has 7 aromatic rings. The molecule has 92 heavy (non-hydrogen) atoms. The van der Waals surface area contributed by atoms with Gasteiger partial charge in [0.1, 0.15) is 17.1 Å². The fourth-order valence-corrected chi connectivity index (χ4v) is 14.7. The molecule has 496 valence electrons. The third-order valence-corrected chi connectivity index (χ3v) is 19.7. The molecule has 0 bridgehead atoms. The van der Waals surface area contributed by atoms with Crippen molar-refractivity contribution >= 4 is 146 Å². The number of aliphatic carboxylic acids is 1. The lowest BCUT2D eigenvalue weighted by Crippen LogP contribution is -2.34. The number of thioether (sulfide) groups is 3. The van der Waals surface area contributed by atoms with Crippen LogP contribution < -0.4 is 19.4 Å². The van der Waals surface area contributed by atoms with E-state index in [1.165, 1.54) is 0 Å². The highest BCUT2D eigenvalue weighted by Gasteiger charge is 2.38. The van der Waals surface area contributed by atoms with Crippen LogP contribution >= 0.6 is 105 Å². The standard InChI is InChI=1S/C25H28Cl2N4O3S.C17H20Cl2N4O2S.C15H16Cl2N4O2S.C2HF3O2/c1-3-34-25(32)24-23(31(29-28-24)15-17-4-6-21(33-2)7-5-17)16-35-22-8-10-30(11-9-22)20-13-18(26)12-19(27)14-20;1-2-25-17(24)16-15(20-22-21-16)10-26-14-3-5-23(6-4-14)13-8-11(18)7-12(19)9-13;16-9-5-10(17)7-11(6-9)21-3-1-12(2-4-21)24-8-13-14(15(22)23)19-20-18-13;3-2(4,5)1(6)7/h4-7,12-14,22H,3,8-11,15-16H2,1-2H3;7-9,14H,2-6,10H2,1H3,(H,20,21,22);5-7,12H,1-4,8H2,(H,22,23)(H,18,19,20);(H,6,7). The number of H-pyrrole nitrogens is 2. The predicted molar refractivity (Wildman–Crippen MR) is 356 cm³/mol. The summed E-state index contributed by atoms with van der Waals surface area (Å²) < 4.78 is 49.0. The summed E-state index contributed by atoms with van der Waals surface area (Å²) in [5, 5.41) is 50.4. The Balaban J connectivity index is 0.000000189. The van der Waals surface area contributed by atoms with E-state index in [1.54, 1.807) is 67.4 Å². The predicted octanol–water partition coefficient (Wildman–Crippen LogP) is 14.3. The normalized spacial score (nSPS) is 14.7. The highest BCUT2D eigenvalue weighted by Crippen LogP contribution is 2.36. The number of aromatic nitrogens is 9. The number of rotatable bonds is 20. The largest absolute Gasteiger partial charge is 0.497 e. The fraction of sp³-hybridized carbons (Fsp3) is 0.424. The van der Waals surface area contributed by atoms with Crippen molar-refractivity contribution in [1.29, 1.82) is 0 Å². The summed E-state index contributed by atoms with van der Waals surface area (Å²) in [5.74, 6) is -2.06. The molecule has 3 saturated heterocycles. The third kappa shape index (κ3) is 22.6. The molecule has 33 heteroatoms. The van der Waals surface area contributed by atoms with Crippen molar-refractivity contribution < 1.29 is 56.8 Å². The maximum absolute atomic E-state index is 12.5. The Bertz CT molecular complexity index is 3490. The maximum Gasteiger partial charge on any atom is 0.490 e. The molecule has 4 aromatic carbocycles. The van der Waals surface area contributed by atoms with Crippen LogP contribution in [-0.4, -0.2) is 161 Å². The fourth-order valence-electron chi connectivity index (χ4n) is 9.70. The molecule has 0 aliphatic carbocycles. The van der Waals surface area contributed by atoms with Crippen molar-refractivity contribution in [3.8, 4) is 5.75 Å². The highest BCUT2D eigenvalue weighted by molar-refractivity contribution is 7.99. The van der Waals surface area contributed by atoms with Crippen LogP contribution in [-0.2, 0) is 38.1 Å². The average molecular weight is 1450 g/mol. The highest BCUT2D eigenvalue weighted by atomic mass is 35.5. The quantitative estimate of drug-likeness (QED) is 0.0517. The van der Waals surface area contributed by atoms with Crippen LogP contribution in [0, 0.1) is 0 Å². The van der Waals surface area contributed by atoms with E-state index in [4.69, 9.17) is 98.8 Å². The lowest BCUT2D eigenvalue weighted by Gasteiger charge is -2.33. The first-order chi connectivity index (χ1) is 44.0. The number of hydrogen-bond acceptors (Lipinski definition) is 19. The van der Waals surface area contributed by atoms with Gasteiger partial charge in [-0.25, -0.2) is 23.9 Å². The molecule has 0 atom stereocenters. The first-order valence-electron chi connectivity index (χ1n) is 28.7. The molecule has 0 spiro atoms. The zero-order valence-electron chi connectivity index (χ0n) is 49.8. The van der Waals surface area contributed by atoms with E-state index in [2.05, 4.69) is 55.8 Å². The molecule has 3 aliphatic rings. The summed E-state index contributed by atoms with van der Waals surface area (Å²) in [4.78, 5) is 51.2. The van der Waals surface area contributed by atoms with Gasteiger partial charge in [0.15, 0.2) is 17.1 Å². The van der Waals surface area contributed by atoms with Crippen molar-refractivity contribution in [1.82, 2.24) is 45.8 Å². The number of carbonyl (C=O) groups excluding carboxylic acids is 2. The van der Waals surface area contributed by atoms with E-state index in [1.807, 2.05) is 72.4 Å². The number of halogens is 9. The van der Waals surface area contributed by atoms with Crippen molar-refractivity contribution in [2.75, 3.05) is 74.3 Å². The van der Waals surface area contributed by atoms with Gasteiger partial charge in [0.05, 0.1) is 32.6 Å². The second-order valence-corrected chi connectivity index (χ2v) is 27.0.